The Kier molecular flexibility index (Phi) is 6.37. The molecule has 0 amide bonds. The van der Waals surface area contributed by atoms with Gasteiger partial charge in [-0.1, -0.05) is 42.8 Å². The summed E-state index contributed by atoms with van der Waals surface area (Å²) in [5.41, 5.74) is -0.734. The molecule has 0 atom stereocenters. The molecule has 3 rings (SSSR count). The van der Waals surface area contributed by atoms with Crippen LogP contribution in [0.5, 0.6) is 0 Å². The SMILES string of the molecule is CCOC(=O)C1(Nc2nc(SC)nc(Sc3ccccc3)n2)CCCC1. The molecule has 1 N–H and O–H groups in total. The number of benzene rings is 1. The molecule has 0 saturated heterocycles. The van der Waals surface area contributed by atoms with Gasteiger partial charge >= 0.3 is 5.97 Å². The van der Waals surface area contributed by atoms with Crippen LogP contribution in [0.4, 0.5) is 5.95 Å². The normalized spacial score (nSPS) is 15.6. The molecule has 1 fully saturated rings. The Bertz CT molecular complexity index is 752. The fourth-order valence-electron chi connectivity index (χ4n) is 2.97. The molecule has 0 radical (unpaired) electrons. The molecule has 1 heterocycles. The van der Waals surface area contributed by atoms with Gasteiger partial charge in [-0.05, 0) is 49.9 Å². The van der Waals surface area contributed by atoms with Crippen molar-refractivity contribution < 1.29 is 9.53 Å². The molecule has 0 bridgehead atoms. The molecule has 0 aliphatic heterocycles. The second-order valence-corrected chi connectivity index (χ2v) is 7.79. The Morgan fingerprint density at radius 2 is 1.85 bits per heavy atom. The van der Waals surface area contributed by atoms with Crippen molar-refractivity contribution in [3.05, 3.63) is 30.3 Å². The number of anilines is 1. The van der Waals surface area contributed by atoms with Gasteiger partial charge in [0.05, 0.1) is 6.61 Å². The first-order valence-electron chi connectivity index (χ1n) is 8.63. The zero-order valence-electron chi connectivity index (χ0n) is 14.9. The van der Waals surface area contributed by atoms with E-state index in [0.29, 0.717) is 22.9 Å². The van der Waals surface area contributed by atoms with Crippen molar-refractivity contribution in [2.24, 2.45) is 0 Å². The molecular weight excluding hydrogens is 368 g/mol. The highest BCUT2D eigenvalue weighted by atomic mass is 32.2. The Morgan fingerprint density at radius 1 is 1.15 bits per heavy atom. The maximum atomic E-state index is 12.5. The third-order valence-corrected chi connectivity index (χ3v) is 5.62. The highest BCUT2D eigenvalue weighted by molar-refractivity contribution is 7.99. The number of aromatic nitrogens is 3. The summed E-state index contributed by atoms with van der Waals surface area (Å²) in [5.74, 6) is 0.207. The molecule has 2 aromatic rings. The number of hydrogen-bond acceptors (Lipinski definition) is 8. The third kappa shape index (κ3) is 4.48. The zero-order chi connectivity index (χ0) is 18.4. The predicted molar refractivity (Wildman–Crippen MR) is 104 cm³/mol. The number of hydrogen-bond donors (Lipinski definition) is 1. The van der Waals surface area contributed by atoms with Crippen LogP contribution in [0, 0.1) is 0 Å². The number of rotatable bonds is 7. The fourth-order valence-corrected chi connectivity index (χ4v) is 4.15. The van der Waals surface area contributed by atoms with E-state index in [0.717, 1.165) is 30.6 Å². The molecule has 1 aromatic carbocycles. The fraction of sp³-hybridized carbons (Fsp3) is 0.444. The van der Waals surface area contributed by atoms with Crippen LogP contribution in [-0.4, -0.2) is 39.3 Å². The summed E-state index contributed by atoms with van der Waals surface area (Å²) < 4.78 is 5.30. The van der Waals surface area contributed by atoms with E-state index in [2.05, 4.69) is 20.3 Å². The number of nitrogens with zero attached hydrogens (tertiary/aromatic N) is 3. The van der Waals surface area contributed by atoms with Crippen molar-refractivity contribution in [1.29, 1.82) is 0 Å². The van der Waals surface area contributed by atoms with Crippen molar-refractivity contribution >= 4 is 35.4 Å². The summed E-state index contributed by atoms with van der Waals surface area (Å²) >= 11 is 2.93. The van der Waals surface area contributed by atoms with Crippen molar-refractivity contribution in [2.45, 2.75) is 53.4 Å². The lowest BCUT2D eigenvalue weighted by Gasteiger charge is -2.27. The first-order chi connectivity index (χ1) is 12.6. The molecule has 138 valence electrons. The summed E-state index contributed by atoms with van der Waals surface area (Å²) in [6, 6.07) is 9.95. The van der Waals surface area contributed by atoms with Crippen LogP contribution in [-0.2, 0) is 9.53 Å². The smallest absolute Gasteiger partial charge is 0.331 e. The van der Waals surface area contributed by atoms with E-state index < -0.39 is 5.54 Å². The highest BCUT2D eigenvalue weighted by Crippen LogP contribution is 2.34. The number of ether oxygens (including phenoxy) is 1. The topological polar surface area (TPSA) is 77.0 Å². The second kappa shape index (κ2) is 8.73. The van der Waals surface area contributed by atoms with Crippen LogP contribution in [0.2, 0.25) is 0 Å². The zero-order valence-corrected chi connectivity index (χ0v) is 16.5. The molecule has 1 aliphatic rings. The molecular formula is C18H22N4O2S2. The Morgan fingerprint density at radius 3 is 2.50 bits per heavy atom. The van der Waals surface area contributed by atoms with Crippen molar-refractivity contribution in [3.8, 4) is 0 Å². The molecule has 6 nitrogen and oxygen atoms in total. The summed E-state index contributed by atoms with van der Waals surface area (Å²) in [5, 5.41) is 4.51. The summed E-state index contributed by atoms with van der Waals surface area (Å²) in [6.07, 6.45) is 5.35. The largest absolute Gasteiger partial charge is 0.464 e. The van der Waals surface area contributed by atoms with Gasteiger partial charge in [0.25, 0.3) is 0 Å². The summed E-state index contributed by atoms with van der Waals surface area (Å²) in [4.78, 5) is 27.1. The summed E-state index contributed by atoms with van der Waals surface area (Å²) in [7, 11) is 0. The number of nitrogens with one attached hydrogen (secondary N) is 1. The maximum absolute atomic E-state index is 12.5. The Balaban J connectivity index is 1.86. The highest BCUT2D eigenvalue weighted by Gasteiger charge is 2.43. The molecule has 8 heteroatoms. The van der Waals surface area contributed by atoms with E-state index in [1.54, 1.807) is 0 Å². The Labute approximate surface area is 161 Å². The van der Waals surface area contributed by atoms with Crippen LogP contribution < -0.4 is 5.32 Å². The minimum Gasteiger partial charge on any atom is -0.464 e. The van der Waals surface area contributed by atoms with Crippen LogP contribution in [0.3, 0.4) is 0 Å². The maximum Gasteiger partial charge on any atom is 0.331 e. The standard InChI is InChI=1S/C18H22N4O2S2/c1-3-24-14(23)18(11-7-8-12-18)22-15-19-16(25-2)21-17(20-15)26-13-9-5-4-6-10-13/h4-6,9-10H,3,7-8,11-12H2,1-2H3,(H,19,20,21,22). The van der Waals surface area contributed by atoms with E-state index in [1.165, 1.54) is 23.5 Å². The van der Waals surface area contributed by atoms with Gasteiger partial charge in [0.2, 0.25) is 5.95 Å². The van der Waals surface area contributed by atoms with Crippen molar-refractivity contribution in [1.82, 2.24) is 15.0 Å². The third-order valence-electron chi connectivity index (χ3n) is 4.20. The lowest BCUT2D eigenvalue weighted by atomic mass is 9.98. The number of esters is 1. The number of thioether (sulfide) groups is 1. The van der Waals surface area contributed by atoms with Gasteiger partial charge in [-0.25, -0.2) is 4.79 Å². The van der Waals surface area contributed by atoms with E-state index >= 15 is 0 Å². The van der Waals surface area contributed by atoms with Crippen molar-refractivity contribution in [2.75, 3.05) is 18.2 Å². The lowest BCUT2D eigenvalue weighted by molar-refractivity contribution is -0.148. The second-order valence-electron chi connectivity index (χ2n) is 5.98. The van der Waals surface area contributed by atoms with E-state index in [4.69, 9.17) is 4.74 Å². The first-order valence-corrected chi connectivity index (χ1v) is 10.7. The number of carbonyl (C=O) groups is 1. The minimum absolute atomic E-state index is 0.221. The van der Waals surface area contributed by atoms with Gasteiger partial charge in [0.1, 0.15) is 5.54 Å². The van der Waals surface area contributed by atoms with Crippen LogP contribution in [0.25, 0.3) is 0 Å². The van der Waals surface area contributed by atoms with Gasteiger partial charge in [0, 0.05) is 4.90 Å². The van der Waals surface area contributed by atoms with E-state index in [-0.39, 0.29) is 5.97 Å². The lowest BCUT2D eigenvalue weighted by Crippen LogP contribution is -2.45. The average Bonchev–Trinajstić information content (AvgIpc) is 3.12. The summed E-state index contributed by atoms with van der Waals surface area (Å²) in [6.45, 7) is 2.19. The van der Waals surface area contributed by atoms with Gasteiger partial charge in [0.15, 0.2) is 10.3 Å². The molecule has 1 aliphatic carbocycles. The van der Waals surface area contributed by atoms with Gasteiger partial charge in [-0.15, -0.1) is 0 Å². The monoisotopic (exact) mass is 390 g/mol. The number of carbonyl (C=O) groups excluding carboxylic acids is 1. The Hall–Kier alpha value is -1.80. The van der Waals surface area contributed by atoms with E-state index in [1.807, 2.05) is 43.5 Å². The van der Waals surface area contributed by atoms with Gasteiger partial charge < -0.3 is 10.1 Å². The van der Waals surface area contributed by atoms with E-state index in [9.17, 15) is 4.79 Å². The molecule has 1 aromatic heterocycles. The van der Waals surface area contributed by atoms with Gasteiger partial charge in [-0.3, -0.25) is 0 Å². The first kappa shape index (κ1) is 19.0. The van der Waals surface area contributed by atoms with Gasteiger partial charge in [-0.2, -0.15) is 15.0 Å². The predicted octanol–water partition coefficient (Wildman–Crippen LogP) is 4.03. The van der Waals surface area contributed by atoms with Crippen LogP contribution in [0.15, 0.2) is 45.5 Å². The van der Waals surface area contributed by atoms with Crippen molar-refractivity contribution in [3.63, 3.8) is 0 Å². The quantitative estimate of drug-likeness (QED) is 0.561. The van der Waals surface area contributed by atoms with Crippen LogP contribution in [0.1, 0.15) is 32.6 Å². The van der Waals surface area contributed by atoms with Crippen LogP contribution >= 0.6 is 23.5 Å². The average molecular weight is 391 g/mol. The molecule has 0 unspecified atom stereocenters. The minimum atomic E-state index is -0.734. The molecule has 0 spiro atoms. The molecule has 26 heavy (non-hydrogen) atoms. The molecule has 1 saturated carbocycles.